The largest absolute Gasteiger partial charge is 0.350 e. The molecule has 26 heavy (non-hydrogen) atoms. The Morgan fingerprint density at radius 1 is 0.731 bits per heavy atom. The molecule has 1 aromatic heterocycles. The van der Waals surface area contributed by atoms with Crippen LogP contribution in [0, 0.1) is 0 Å². The number of anilines is 1. The van der Waals surface area contributed by atoms with E-state index < -0.39 is 0 Å². The Kier molecular flexibility index (Phi) is 4.31. The number of hydrogen-bond donors (Lipinski definition) is 1. The number of nitrogens with zero attached hydrogens (tertiary/aromatic N) is 1. The molecule has 0 aliphatic rings. The lowest BCUT2D eigenvalue weighted by Crippen LogP contribution is -2.12. The van der Waals surface area contributed by atoms with Crippen molar-refractivity contribution >= 4 is 11.6 Å². The van der Waals surface area contributed by atoms with Gasteiger partial charge in [-0.25, -0.2) is 0 Å². The SMILES string of the molecule is O=C(Nc1ccccc1)c1onc(-c2ccccc2)c1-c1ccccc1. The van der Waals surface area contributed by atoms with Gasteiger partial charge in [-0.3, -0.25) is 4.79 Å². The Morgan fingerprint density at radius 3 is 1.88 bits per heavy atom. The van der Waals surface area contributed by atoms with E-state index in [1.54, 1.807) is 0 Å². The first kappa shape index (κ1) is 15.8. The molecule has 0 unspecified atom stereocenters. The van der Waals surface area contributed by atoms with E-state index in [1.807, 2.05) is 91.0 Å². The third kappa shape index (κ3) is 3.13. The molecule has 0 atom stereocenters. The first-order valence-electron chi connectivity index (χ1n) is 8.30. The van der Waals surface area contributed by atoms with Crippen molar-refractivity contribution in [3.05, 3.63) is 96.8 Å². The van der Waals surface area contributed by atoms with Gasteiger partial charge in [0.25, 0.3) is 5.91 Å². The monoisotopic (exact) mass is 340 g/mol. The fourth-order valence-corrected chi connectivity index (χ4v) is 2.82. The van der Waals surface area contributed by atoms with Gasteiger partial charge >= 0.3 is 0 Å². The number of para-hydroxylation sites is 1. The van der Waals surface area contributed by atoms with Crippen molar-refractivity contribution in [2.75, 3.05) is 5.32 Å². The summed E-state index contributed by atoms with van der Waals surface area (Å²) in [5, 5.41) is 7.05. The standard InChI is InChI=1S/C22H16N2O2/c25-22(23-18-14-8-3-9-15-18)21-19(16-10-4-1-5-11-16)20(24-26-21)17-12-6-2-7-13-17/h1-15H,(H,23,25). The van der Waals surface area contributed by atoms with Crippen molar-refractivity contribution < 1.29 is 9.32 Å². The zero-order valence-corrected chi connectivity index (χ0v) is 13.9. The molecule has 1 N–H and O–H groups in total. The van der Waals surface area contributed by atoms with Crippen LogP contribution in [-0.4, -0.2) is 11.1 Å². The van der Waals surface area contributed by atoms with E-state index in [0.29, 0.717) is 16.9 Å². The van der Waals surface area contributed by atoms with Crippen LogP contribution >= 0.6 is 0 Å². The highest BCUT2D eigenvalue weighted by atomic mass is 16.5. The van der Waals surface area contributed by atoms with Gasteiger partial charge in [-0.1, -0.05) is 84.0 Å². The first-order valence-corrected chi connectivity index (χ1v) is 8.30. The van der Waals surface area contributed by atoms with E-state index in [9.17, 15) is 4.79 Å². The maximum atomic E-state index is 12.8. The summed E-state index contributed by atoms with van der Waals surface area (Å²) in [7, 11) is 0. The van der Waals surface area contributed by atoms with E-state index in [-0.39, 0.29) is 11.7 Å². The zero-order valence-electron chi connectivity index (χ0n) is 13.9. The second-order valence-electron chi connectivity index (χ2n) is 5.79. The number of hydrogen-bond acceptors (Lipinski definition) is 3. The van der Waals surface area contributed by atoms with Crippen LogP contribution in [0.1, 0.15) is 10.6 Å². The quantitative estimate of drug-likeness (QED) is 0.551. The average molecular weight is 340 g/mol. The lowest BCUT2D eigenvalue weighted by Gasteiger charge is -2.06. The molecule has 4 aromatic rings. The molecular weight excluding hydrogens is 324 g/mol. The van der Waals surface area contributed by atoms with Gasteiger partial charge in [0, 0.05) is 11.3 Å². The predicted octanol–water partition coefficient (Wildman–Crippen LogP) is 5.26. The van der Waals surface area contributed by atoms with Gasteiger partial charge in [0.15, 0.2) is 0 Å². The Morgan fingerprint density at radius 2 is 1.27 bits per heavy atom. The molecule has 4 nitrogen and oxygen atoms in total. The molecule has 0 fully saturated rings. The van der Waals surface area contributed by atoms with Crippen LogP contribution in [0.2, 0.25) is 0 Å². The molecule has 126 valence electrons. The molecule has 1 amide bonds. The number of carbonyl (C=O) groups excluding carboxylic acids is 1. The number of rotatable bonds is 4. The molecule has 3 aromatic carbocycles. The topological polar surface area (TPSA) is 55.1 Å². The second kappa shape index (κ2) is 7.07. The molecule has 0 radical (unpaired) electrons. The molecule has 0 saturated heterocycles. The number of amides is 1. The maximum absolute atomic E-state index is 12.8. The summed E-state index contributed by atoms with van der Waals surface area (Å²) in [6, 6.07) is 28.7. The molecule has 0 spiro atoms. The second-order valence-corrected chi connectivity index (χ2v) is 5.79. The van der Waals surface area contributed by atoms with Gasteiger partial charge < -0.3 is 9.84 Å². The molecule has 4 heteroatoms. The van der Waals surface area contributed by atoms with Gasteiger partial charge in [-0.15, -0.1) is 0 Å². The van der Waals surface area contributed by atoms with E-state index >= 15 is 0 Å². The third-order valence-electron chi connectivity index (χ3n) is 4.04. The third-order valence-corrected chi connectivity index (χ3v) is 4.04. The van der Waals surface area contributed by atoms with Gasteiger partial charge in [0.1, 0.15) is 5.69 Å². The molecule has 0 aliphatic carbocycles. The van der Waals surface area contributed by atoms with Crippen molar-refractivity contribution in [1.29, 1.82) is 0 Å². The van der Waals surface area contributed by atoms with Crippen LogP contribution in [0.4, 0.5) is 5.69 Å². The normalized spacial score (nSPS) is 10.5. The smallest absolute Gasteiger partial charge is 0.294 e. The molecule has 4 rings (SSSR count). The van der Waals surface area contributed by atoms with E-state index in [2.05, 4.69) is 10.5 Å². The summed E-state index contributed by atoms with van der Waals surface area (Å²) in [6.07, 6.45) is 0. The van der Waals surface area contributed by atoms with E-state index in [1.165, 1.54) is 0 Å². The molecule has 0 saturated carbocycles. The number of benzene rings is 3. The zero-order chi connectivity index (χ0) is 17.8. The number of aromatic nitrogens is 1. The van der Waals surface area contributed by atoms with Crippen molar-refractivity contribution in [2.45, 2.75) is 0 Å². The highest BCUT2D eigenvalue weighted by molar-refractivity contribution is 6.08. The minimum absolute atomic E-state index is 0.193. The summed E-state index contributed by atoms with van der Waals surface area (Å²) >= 11 is 0. The van der Waals surface area contributed by atoms with Crippen LogP contribution < -0.4 is 5.32 Å². The Labute approximate surface area is 151 Å². The lowest BCUT2D eigenvalue weighted by atomic mass is 9.99. The number of carbonyl (C=O) groups is 1. The van der Waals surface area contributed by atoms with Crippen molar-refractivity contribution in [3.63, 3.8) is 0 Å². The van der Waals surface area contributed by atoms with E-state index in [4.69, 9.17) is 4.52 Å². The maximum Gasteiger partial charge on any atom is 0.294 e. The highest BCUT2D eigenvalue weighted by Crippen LogP contribution is 2.34. The summed E-state index contributed by atoms with van der Waals surface area (Å²) in [5.74, 6) is -0.136. The Bertz CT molecular complexity index is 1010. The predicted molar refractivity (Wildman–Crippen MR) is 102 cm³/mol. The van der Waals surface area contributed by atoms with Crippen molar-refractivity contribution in [1.82, 2.24) is 5.16 Å². The summed E-state index contributed by atoms with van der Waals surface area (Å²) < 4.78 is 5.48. The minimum Gasteiger partial charge on any atom is -0.350 e. The van der Waals surface area contributed by atoms with Gasteiger partial charge in [-0.2, -0.15) is 0 Å². The molecule has 0 bridgehead atoms. The van der Waals surface area contributed by atoms with Crippen LogP contribution in [0.5, 0.6) is 0 Å². The summed E-state index contributed by atoms with van der Waals surface area (Å²) in [5.41, 5.74) is 3.81. The van der Waals surface area contributed by atoms with Crippen molar-refractivity contribution in [3.8, 4) is 22.4 Å². The molecular formula is C22H16N2O2. The summed E-state index contributed by atoms with van der Waals surface area (Å²) in [4.78, 5) is 12.8. The van der Waals surface area contributed by atoms with Crippen LogP contribution in [0.15, 0.2) is 95.5 Å². The van der Waals surface area contributed by atoms with Gasteiger partial charge in [0.2, 0.25) is 5.76 Å². The first-order chi connectivity index (χ1) is 12.8. The minimum atomic E-state index is -0.329. The average Bonchev–Trinajstić information content (AvgIpc) is 3.15. The van der Waals surface area contributed by atoms with Gasteiger partial charge in [-0.05, 0) is 17.7 Å². The highest BCUT2D eigenvalue weighted by Gasteiger charge is 2.24. The van der Waals surface area contributed by atoms with Crippen LogP contribution in [0.25, 0.3) is 22.4 Å². The molecule has 1 heterocycles. The molecule has 0 aliphatic heterocycles. The Balaban J connectivity index is 1.80. The van der Waals surface area contributed by atoms with Gasteiger partial charge in [0.05, 0.1) is 5.56 Å². The number of nitrogens with one attached hydrogen (secondary N) is 1. The van der Waals surface area contributed by atoms with Crippen LogP contribution in [-0.2, 0) is 0 Å². The lowest BCUT2D eigenvalue weighted by molar-refractivity contribution is 0.0989. The van der Waals surface area contributed by atoms with Crippen molar-refractivity contribution in [2.24, 2.45) is 0 Å². The Hall–Kier alpha value is -3.66. The summed E-state index contributed by atoms with van der Waals surface area (Å²) in [6.45, 7) is 0. The van der Waals surface area contributed by atoms with E-state index in [0.717, 1.165) is 11.1 Å². The fraction of sp³-hybridized carbons (Fsp3) is 0. The fourth-order valence-electron chi connectivity index (χ4n) is 2.82. The van der Waals surface area contributed by atoms with Crippen LogP contribution in [0.3, 0.4) is 0 Å².